The lowest BCUT2D eigenvalue weighted by Crippen LogP contribution is -2.09. The van der Waals surface area contributed by atoms with Gasteiger partial charge >= 0.3 is 0 Å². The van der Waals surface area contributed by atoms with Crippen molar-refractivity contribution in [2.45, 2.75) is 6.54 Å². The van der Waals surface area contributed by atoms with Crippen LogP contribution in [-0.4, -0.2) is 17.1 Å². The molecule has 0 fully saturated rings. The molecule has 5 nitrogen and oxygen atoms in total. The van der Waals surface area contributed by atoms with E-state index in [4.69, 9.17) is 9.25 Å². The van der Waals surface area contributed by atoms with Crippen molar-refractivity contribution >= 4 is 11.1 Å². The maximum Gasteiger partial charge on any atom is 0.229 e. The molecule has 13 heavy (non-hydrogen) atoms. The summed E-state index contributed by atoms with van der Waals surface area (Å²) >= 11 is 0. The molecule has 0 amide bonds. The second kappa shape index (κ2) is 3.51. The normalized spacial score (nSPS) is 10.8. The summed E-state index contributed by atoms with van der Waals surface area (Å²) in [7, 11) is 1.56. The SMILES string of the molecule is CONCc1cc2cncnc2o1. The molecule has 5 heteroatoms. The maximum absolute atomic E-state index is 5.38. The maximum atomic E-state index is 5.38. The smallest absolute Gasteiger partial charge is 0.229 e. The Bertz CT molecular complexity index is 366. The fraction of sp³-hybridized carbons (Fsp3) is 0.250. The van der Waals surface area contributed by atoms with E-state index in [0.717, 1.165) is 11.1 Å². The lowest BCUT2D eigenvalue weighted by atomic mass is 10.4. The fourth-order valence-corrected chi connectivity index (χ4v) is 1.07. The first-order chi connectivity index (χ1) is 6.40. The summed E-state index contributed by atoms with van der Waals surface area (Å²) in [6.45, 7) is 0.521. The lowest BCUT2D eigenvalue weighted by Gasteiger charge is -1.95. The molecule has 2 aromatic heterocycles. The topological polar surface area (TPSA) is 60.2 Å². The molecular weight excluding hydrogens is 170 g/mol. The van der Waals surface area contributed by atoms with Crippen molar-refractivity contribution in [1.82, 2.24) is 15.4 Å². The molecule has 2 aromatic rings. The average Bonchev–Trinajstić information content (AvgIpc) is 2.57. The number of hydrogen-bond donors (Lipinski definition) is 1. The molecule has 0 bridgehead atoms. The van der Waals surface area contributed by atoms with E-state index in [0.29, 0.717) is 12.3 Å². The third-order valence-corrected chi connectivity index (χ3v) is 1.64. The van der Waals surface area contributed by atoms with E-state index in [9.17, 15) is 0 Å². The van der Waals surface area contributed by atoms with Crippen molar-refractivity contribution in [2.24, 2.45) is 0 Å². The number of fused-ring (bicyclic) bond motifs is 1. The van der Waals surface area contributed by atoms with Gasteiger partial charge < -0.3 is 9.25 Å². The molecular formula is C8H9N3O2. The minimum atomic E-state index is 0.521. The first-order valence-corrected chi connectivity index (χ1v) is 3.84. The molecule has 0 unspecified atom stereocenters. The number of furan rings is 1. The van der Waals surface area contributed by atoms with Crippen LogP contribution in [0, 0.1) is 0 Å². The van der Waals surface area contributed by atoms with Crippen LogP contribution in [-0.2, 0) is 11.4 Å². The second-order valence-corrected chi connectivity index (χ2v) is 2.52. The van der Waals surface area contributed by atoms with Gasteiger partial charge in [0.1, 0.15) is 12.1 Å². The lowest BCUT2D eigenvalue weighted by molar-refractivity contribution is 0.0822. The highest BCUT2D eigenvalue weighted by molar-refractivity contribution is 5.72. The molecule has 0 aromatic carbocycles. The number of hydroxylamine groups is 1. The first-order valence-electron chi connectivity index (χ1n) is 3.84. The van der Waals surface area contributed by atoms with E-state index in [2.05, 4.69) is 15.4 Å². The molecule has 0 atom stereocenters. The third kappa shape index (κ3) is 1.66. The van der Waals surface area contributed by atoms with E-state index >= 15 is 0 Å². The number of nitrogens with zero attached hydrogens (tertiary/aromatic N) is 2. The minimum absolute atomic E-state index is 0.521. The highest BCUT2D eigenvalue weighted by Crippen LogP contribution is 2.14. The molecule has 0 saturated heterocycles. The van der Waals surface area contributed by atoms with Crippen molar-refractivity contribution in [2.75, 3.05) is 7.11 Å². The summed E-state index contributed by atoms with van der Waals surface area (Å²) < 4.78 is 5.38. The van der Waals surface area contributed by atoms with Gasteiger partial charge in [-0.3, -0.25) is 0 Å². The molecule has 0 aliphatic heterocycles. The zero-order chi connectivity index (χ0) is 9.10. The monoisotopic (exact) mass is 179 g/mol. The van der Waals surface area contributed by atoms with Gasteiger partial charge in [-0.05, 0) is 6.07 Å². The van der Waals surface area contributed by atoms with Crippen molar-refractivity contribution in [3.63, 3.8) is 0 Å². The molecule has 2 rings (SSSR count). The highest BCUT2D eigenvalue weighted by atomic mass is 16.6. The predicted octanol–water partition coefficient (Wildman–Crippen LogP) is 0.874. The van der Waals surface area contributed by atoms with Crippen molar-refractivity contribution in [3.05, 3.63) is 24.4 Å². The second-order valence-electron chi connectivity index (χ2n) is 2.52. The van der Waals surface area contributed by atoms with Crippen LogP contribution in [0.1, 0.15) is 5.76 Å². The standard InChI is InChI=1S/C8H9N3O2/c1-12-11-4-7-2-6-3-9-5-10-8(6)13-7/h2-3,5,11H,4H2,1H3. The molecule has 0 spiro atoms. The van der Waals surface area contributed by atoms with Gasteiger partial charge in [0.15, 0.2) is 0 Å². The Hall–Kier alpha value is -1.46. The van der Waals surface area contributed by atoms with Crippen LogP contribution in [0.2, 0.25) is 0 Å². The van der Waals surface area contributed by atoms with Crippen LogP contribution in [0.3, 0.4) is 0 Å². The third-order valence-electron chi connectivity index (χ3n) is 1.64. The summed E-state index contributed by atoms with van der Waals surface area (Å²) in [6, 6.07) is 1.88. The van der Waals surface area contributed by atoms with Crippen molar-refractivity contribution in [3.8, 4) is 0 Å². The Kier molecular flexibility index (Phi) is 2.20. The Labute approximate surface area is 74.7 Å². The Morgan fingerprint density at radius 1 is 1.62 bits per heavy atom. The number of aromatic nitrogens is 2. The molecule has 1 N–H and O–H groups in total. The van der Waals surface area contributed by atoms with Gasteiger partial charge in [-0.1, -0.05) is 0 Å². The first kappa shape index (κ1) is 8.15. The van der Waals surface area contributed by atoms with Gasteiger partial charge in [0.05, 0.1) is 19.0 Å². The summed E-state index contributed by atoms with van der Waals surface area (Å²) in [6.07, 6.45) is 3.17. The van der Waals surface area contributed by atoms with E-state index < -0.39 is 0 Å². The summed E-state index contributed by atoms with van der Waals surface area (Å²) in [5, 5.41) is 0.899. The van der Waals surface area contributed by atoms with Crippen molar-refractivity contribution < 1.29 is 9.25 Å². The van der Waals surface area contributed by atoms with E-state index in [1.165, 1.54) is 6.33 Å². The largest absolute Gasteiger partial charge is 0.441 e. The molecule has 2 heterocycles. The summed E-state index contributed by atoms with van der Waals surface area (Å²) in [5.74, 6) is 0.775. The van der Waals surface area contributed by atoms with Crippen LogP contribution < -0.4 is 5.48 Å². The number of nitrogens with one attached hydrogen (secondary N) is 1. The van der Waals surface area contributed by atoms with Crippen molar-refractivity contribution in [1.29, 1.82) is 0 Å². The molecule has 0 saturated carbocycles. The molecule has 0 aliphatic rings. The summed E-state index contributed by atoms with van der Waals surface area (Å²) in [5.41, 5.74) is 3.28. The van der Waals surface area contributed by atoms with Crippen LogP contribution in [0.5, 0.6) is 0 Å². The average molecular weight is 179 g/mol. The van der Waals surface area contributed by atoms with Gasteiger partial charge in [-0.25, -0.2) is 9.97 Å². The number of rotatable bonds is 3. The zero-order valence-corrected chi connectivity index (χ0v) is 7.15. The van der Waals surface area contributed by atoms with Crippen LogP contribution >= 0.6 is 0 Å². The predicted molar refractivity (Wildman–Crippen MR) is 45.7 cm³/mol. The quantitative estimate of drug-likeness (QED) is 0.708. The molecule has 0 aliphatic carbocycles. The Balaban J connectivity index is 2.28. The molecule has 0 radical (unpaired) electrons. The van der Waals surface area contributed by atoms with E-state index in [-0.39, 0.29) is 0 Å². The van der Waals surface area contributed by atoms with Crippen LogP contribution in [0.15, 0.2) is 23.0 Å². The number of hydrogen-bond acceptors (Lipinski definition) is 5. The Morgan fingerprint density at radius 2 is 2.54 bits per heavy atom. The van der Waals surface area contributed by atoms with Crippen LogP contribution in [0.4, 0.5) is 0 Å². The van der Waals surface area contributed by atoms with Crippen LogP contribution in [0.25, 0.3) is 11.1 Å². The highest BCUT2D eigenvalue weighted by Gasteiger charge is 2.02. The van der Waals surface area contributed by atoms with Gasteiger partial charge in [0, 0.05) is 6.20 Å². The van der Waals surface area contributed by atoms with E-state index in [1.54, 1.807) is 13.3 Å². The van der Waals surface area contributed by atoms with E-state index in [1.807, 2.05) is 6.07 Å². The zero-order valence-electron chi connectivity index (χ0n) is 7.15. The van der Waals surface area contributed by atoms with Gasteiger partial charge in [-0.2, -0.15) is 5.48 Å². The van der Waals surface area contributed by atoms with Gasteiger partial charge in [0.25, 0.3) is 0 Å². The fourth-order valence-electron chi connectivity index (χ4n) is 1.07. The van der Waals surface area contributed by atoms with Gasteiger partial charge in [-0.15, -0.1) is 0 Å². The molecule has 68 valence electrons. The minimum Gasteiger partial charge on any atom is -0.441 e. The Morgan fingerprint density at radius 3 is 3.31 bits per heavy atom. The summed E-state index contributed by atoms with van der Waals surface area (Å²) in [4.78, 5) is 12.5. The van der Waals surface area contributed by atoms with Gasteiger partial charge in [0.2, 0.25) is 5.71 Å².